The van der Waals surface area contributed by atoms with Gasteiger partial charge in [-0.25, -0.2) is 0 Å². The van der Waals surface area contributed by atoms with Gasteiger partial charge in [0, 0.05) is 5.92 Å². The van der Waals surface area contributed by atoms with Gasteiger partial charge in [0.05, 0.1) is 0 Å². The average Bonchev–Trinajstić information content (AvgIpc) is 2.39. The van der Waals surface area contributed by atoms with Gasteiger partial charge in [0.25, 0.3) is 0 Å². The van der Waals surface area contributed by atoms with Crippen LogP contribution in [-0.2, 0) is 4.79 Å². The molecular formula is C15H25NO. The first-order chi connectivity index (χ1) is 8.28. The molecule has 0 aromatic carbocycles. The highest BCUT2D eigenvalue weighted by Gasteiger charge is 2.19. The van der Waals surface area contributed by atoms with Gasteiger partial charge in [-0.15, -0.1) is 0 Å². The van der Waals surface area contributed by atoms with Gasteiger partial charge in [-0.2, -0.15) is 0 Å². The minimum Gasteiger partial charge on any atom is -0.306 e. The van der Waals surface area contributed by atoms with Crippen LogP contribution in [0.2, 0.25) is 0 Å². The third-order valence-electron chi connectivity index (χ3n) is 4.43. The van der Waals surface area contributed by atoms with E-state index in [1.165, 1.54) is 38.8 Å². The number of nitrogens with zero attached hydrogens (tertiary/aromatic N) is 1. The first-order valence-electron chi connectivity index (χ1n) is 7.10. The van der Waals surface area contributed by atoms with Gasteiger partial charge in [-0.3, -0.25) is 0 Å². The standard InChI is InChI=1S/C15H25NO/c1-16-10-8-14(9-11-16)3-2-13-4-6-15(12-17)7-5-13/h2-3,12-15H,4-11H2,1H3/b3-2+. The van der Waals surface area contributed by atoms with Crippen molar-refractivity contribution < 1.29 is 4.79 Å². The Balaban J connectivity index is 1.72. The molecule has 0 aromatic rings. The number of piperidine rings is 1. The molecule has 0 spiro atoms. The third kappa shape index (κ3) is 3.95. The monoisotopic (exact) mass is 235 g/mol. The van der Waals surface area contributed by atoms with Crippen LogP contribution in [0, 0.1) is 17.8 Å². The molecule has 1 aliphatic heterocycles. The highest BCUT2D eigenvalue weighted by Crippen LogP contribution is 2.29. The van der Waals surface area contributed by atoms with E-state index in [1.807, 2.05) is 0 Å². The third-order valence-corrected chi connectivity index (χ3v) is 4.43. The van der Waals surface area contributed by atoms with Gasteiger partial charge in [-0.1, -0.05) is 12.2 Å². The number of aldehydes is 1. The van der Waals surface area contributed by atoms with Crippen molar-refractivity contribution in [2.24, 2.45) is 17.8 Å². The van der Waals surface area contributed by atoms with Gasteiger partial charge in [0.1, 0.15) is 6.29 Å². The fourth-order valence-electron chi connectivity index (χ4n) is 3.01. The largest absolute Gasteiger partial charge is 0.306 e. The molecule has 1 aliphatic carbocycles. The lowest BCUT2D eigenvalue weighted by Crippen LogP contribution is -2.29. The number of rotatable bonds is 3. The Kier molecular flexibility index (Phi) is 4.78. The van der Waals surface area contributed by atoms with E-state index in [0.717, 1.165) is 31.0 Å². The van der Waals surface area contributed by atoms with Crippen LogP contribution in [-0.4, -0.2) is 31.3 Å². The molecule has 0 aromatic heterocycles. The number of hydrogen-bond donors (Lipinski definition) is 0. The minimum atomic E-state index is 0.350. The summed E-state index contributed by atoms with van der Waals surface area (Å²) in [6.07, 6.45) is 13.3. The molecule has 0 amide bonds. The molecule has 2 fully saturated rings. The number of likely N-dealkylation sites (tertiary alicyclic amines) is 1. The molecule has 0 N–H and O–H groups in total. The number of carbonyl (C=O) groups excluding carboxylic acids is 1. The van der Waals surface area contributed by atoms with Gasteiger partial charge in [0.15, 0.2) is 0 Å². The van der Waals surface area contributed by atoms with E-state index in [2.05, 4.69) is 24.1 Å². The van der Waals surface area contributed by atoms with Crippen molar-refractivity contribution in [3.05, 3.63) is 12.2 Å². The Morgan fingerprint density at radius 2 is 1.29 bits per heavy atom. The summed E-state index contributed by atoms with van der Waals surface area (Å²) in [5.41, 5.74) is 0. The van der Waals surface area contributed by atoms with Crippen LogP contribution in [0.5, 0.6) is 0 Å². The summed E-state index contributed by atoms with van der Waals surface area (Å²) in [6, 6.07) is 0. The van der Waals surface area contributed by atoms with Crippen molar-refractivity contribution in [3.8, 4) is 0 Å². The van der Waals surface area contributed by atoms with Crippen molar-refractivity contribution in [1.82, 2.24) is 4.90 Å². The quantitative estimate of drug-likeness (QED) is 0.554. The average molecular weight is 235 g/mol. The first kappa shape index (κ1) is 12.8. The molecule has 1 heterocycles. The van der Waals surface area contributed by atoms with Gasteiger partial charge in [-0.05, 0) is 70.5 Å². The van der Waals surface area contributed by atoms with Crippen molar-refractivity contribution in [2.45, 2.75) is 38.5 Å². The molecule has 0 bridgehead atoms. The number of carbonyl (C=O) groups is 1. The highest BCUT2D eigenvalue weighted by molar-refractivity contribution is 5.53. The van der Waals surface area contributed by atoms with Crippen molar-refractivity contribution >= 4 is 6.29 Å². The van der Waals surface area contributed by atoms with Crippen LogP contribution in [0.4, 0.5) is 0 Å². The highest BCUT2D eigenvalue weighted by atomic mass is 16.1. The zero-order valence-electron chi connectivity index (χ0n) is 11.0. The van der Waals surface area contributed by atoms with Crippen LogP contribution in [0.1, 0.15) is 38.5 Å². The molecule has 2 heteroatoms. The molecule has 1 saturated heterocycles. The lowest BCUT2D eigenvalue weighted by Gasteiger charge is -2.28. The van der Waals surface area contributed by atoms with Crippen LogP contribution in [0.3, 0.4) is 0 Å². The fourth-order valence-corrected chi connectivity index (χ4v) is 3.01. The predicted octanol–water partition coefficient (Wildman–Crippen LogP) is 2.89. The molecular weight excluding hydrogens is 210 g/mol. The smallest absolute Gasteiger partial charge is 0.123 e. The van der Waals surface area contributed by atoms with E-state index >= 15 is 0 Å². The van der Waals surface area contributed by atoms with Crippen LogP contribution in [0.25, 0.3) is 0 Å². The second kappa shape index (κ2) is 6.34. The number of allylic oxidation sites excluding steroid dienone is 2. The van der Waals surface area contributed by atoms with E-state index in [9.17, 15) is 4.79 Å². The maximum Gasteiger partial charge on any atom is 0.123 e. The molecule has 2 nitrogen and oxygen atoms in total. The van der Waals surface area contributed by atoms with Crippen molar-refractivity contribution in [2.75, 3.05) is 20.1 Å². The summed E-state index contributed by atoms with van der Waals surface area (Å²) in [4.78, 5) is 13.1. The summed E-state index contributed by atoms with van der Waals surface area (Å²) < 4.78 is 0. The molecule has 0 radical (unpaired) electrons. The Labute approximate surface area is 105 Å². The molecule has 2 aliphatic rings. The topological polar surface area (TPSA) is 20.3 Å². The first-order valence-corrected chi connectivity index (χ1v) is 7.10. The van der Waals surface area contributed by atoms with Crippen LogP contribution < -0.4 is 0 Å². The van der Waals surface area contributed by atoms with Crippen molar-refractivity contribution in [1.29, 1.82) is 0 Å². The van der Waals surface area contributed by atoms with Gasteiger partial charge >= 0.3 is 0 Å². The Hall–Kier alpha value is -0.630. The molecule has 2 rings (SSSR count). The Morgan fingerprint density at radius 3 is 1.82 bits per heavy atom. The van der Waals surface area contributed by atoms with Crippen LogP contribution >= 0.6 is 0 Å². The van der Waals surface area contributed by atoms with Gasteiger partial charge in [0.2, 0.25) is 0 Å². The normalized spacial score (nSPS) is 33.0. The van der Waals surface area contributed by atoms with E-state index in [-0.39, 0.29) is 0 Å². The van der Waals surface area contributed by atoms with E-state index < -0.39 is 0 Å². The summed E-state index contributed by atoms with van der Waals surface area (Å²) in [5.74, 6) is 1.89. The molecule has 1 saturated carbocycles. The van der Waals surface area contributed by atoms with E-state index in [1.54, 1.807) is 0 Å². The zero-order chi connectivity index (χ0) is 12.1. The van der Waals surface area contributed by atoms with E-state index in [0.29, 0.717) is 5.92 Å². The summed E-state index contributed by atoms with van der Waals surface area (Å²) in [5, 5.41) is 0. The summed E-state index contributed by atoms with van der Waals surface area (Å²) >= 11 is 0. The molecule has 17 heavy (non-hydrogen) atoms. The maximum atomic E-state index is 10.7. The SMILES string of the molecule is CN1CCC(/C=C/C2CCC(C=O)CC2)CC1. The summed E-state index contributed by atoms with van der Waals surface area (Å²) in [6.45, 7) is 2.49. The lowest BCUT2D eigenvalue weighted by molar-refractivity contribution is -0.112. The second-order valence-electron chi connectivity index (χ2n) is 5.84. The molecule has 96 valence electrons. The predicted molar refractivity (Wildman–Crippen MR) is 70.9 cm³/mol. The number of hydrogen-bond acceptors (Lipinski definition) is 2. The Bertz CT molecular complexity index is 258. The molecule has 0 atom stereocenters. The zero-order valence-corrected chi connectivity index (χ0v) is 11.0. The fraction of sp³-hybridized carbons (Fsp3) is 0.800. The molecule has 0 unspecified atom stereocenters. The summed E-state index contributed by atoms with van der Waals surface area (Å²) in [7, 11) is 2.21. The minimum absolute atomic E-state index is 0.350. The van der Waals surface area contributed by atoms with Crippen molar-refractivity contribution in [3.63, 3.8) is 0 Å². The second-order valence-corrected chi connectivity index (χ2v) is 5.84. The van der Waals surface area contributed by atoms with Gasteiger partial charge < -0.3 is 9.69 Å². The van der Waals surface area contributed by atoms with Crippen LogP contribution in [0.15, 0.2) is 12.2 Å². The lowest BCUT2D eigenvalue weighted by atomic mass is 9.82. The maximum absolute atomic E-state index is 10.7. The Morgan fingerprint density at radius 1 is 0.824 bits per heavy atom. The van der Waals surface area contributed by atoms with E-state index in [4.69, 9.17) is 0 Å².